The van der Waals surface area contributed by atoms with E-state index in [0.29, 0.717) is 11.6 Å². The molecule has 142 valence electrons. The maximum atomic E-state index is 14.2. The van der Waals surface area contributed by atoms with Gasteiger partial charge in [0.2, 0.25) is 5.82 Å². The van der Waals surface area contributed by atoms with E-state index in [9.17, 15) is 22.4 Å². The molecule has 0 radical (unpaired) electrons. The Balaban J connectivity index is 1.67. The molecule has 0 spiro atoms. The lowest BCUT2D eigenvalue weighted by Gasteiger charge is -2.03. The molecule has 0 saturated carbocycles. The molecule has 27 heavy (non-hydrogen) atoms. The number of hydrogen-bond acceptors (Lipinski definition) is 7. The van der Waals surface area contributed by atoms with Crippen molar-refractivity contribution in [3.05, 3.63) is 47.6 Å². The summed E-state index contributed by atoms with van der Waals surface area (Å²) in [5, 5.41) is 7.23. The smallest absolute Gasteiger partial charge is 0.329 e. The Hall–Kier alpha value is -2.76. The number of hydrogen-bond donors (Lipinski definition) is 0. The molecule has 12 heteroatoms. The van der Waals surface area contributed by atoms with E-state index in [1.807, 2.05) is 0 Å². The fraction of sp³-hybridized carbons (Fsp3) is 0.267. The van der Waals surface area contributed by atoms with Gasteiger partial charge in [0.1, 0.15) is 12.1 Å². The molecular formula is C15H11F4N5O2S. The maximum absolute atomic E-state index is 14.2. The average molecular weight is 401 g/mol. The first kappa shape index (κ1) is 19.0. The normalized spacial score (nSPS) is 11.7. The van der Waals surface area contributed by atoms with Crippen LogP contribution in [0.1, 0.15) is 22.1 Å². The monoisotopic (exact) mass is 401 g/mol. The number of rotatable bonds is 6. The molecule has 3 aromatic rings. The lowest BCUT2D eigenvalue weighted by Crippen LogP contribution is -2.06. The van der Waals surface area contributed by atoms with Crippen LogP contribution in [0.2, 0.25) is 0 Å². The first-order chi connectivity index (χ1) is 12.7. The van der Waals surface area contributed by atoms with Gasteiger partial charge in [0.05, 0.1) is 17.1 Å². The number of carbonyl (C=O) groups is 1. The van der Waals surface area contributed by atoms with Crippen molar-refractivity contribution in [1.29, 1.82) is 0 Å². The molecule has 0 aliphatic carbocycles. The first-order valence-electron chi connectivity index (χ1n) is 7.40. The van der Waals surface area contributed by atoms with Crippen LogP contribution in [0.3, 0.4) is 0 Å². The van der Waals surface area contributed by atoms with Gasteiger partial charge in [-0.2, -0.15) is 23.3 Å². The zero-order valence-corrected chi connectivity index (χ0v) is 14.5. The van der Waals surface area contributed by atoms with E-state index in [0.717, 1.165) is 6.07 Å². The van der Waals surface area contributed by atoms with Gasteiger partial charge in [0.15, 0.2) is 11.6 Å². The Labute approximate surface area is 153 Å². The van der Waals surface area contributed by atoms with Gasteiger partial charge in [-0.05, 0) is 12.1 Å². The second-order valence-corrected chi connectivity index (χ2v) is 6.35. The van der Waals surface area contributed by atoms with Crippen LogP contribution in [-0.2, 0) is 19.0 Å². The fourth-order valence-corrected chi connectivity index (χ4v) is 2.86. The molecule has 0 N–H and O–H groups in total. The van der Waals surface area contributed by atoms with Crippen molar-refractivity contribution in [3.8, 4) is 11.4 Å². The van der Waals surface area contributed by atoms with Gasteiger partial charge >= 0.3 is 12.1 Å². The molecule has 2 aromatic heterocycles. The van der Waals surface area contributed by atoms with Gasteiger partial charge < -0.3 is 4.52 Å². The van der Waals surface area contributed by atoms with E-state index in [2.05, 4.69) is 24.7 Å². The minimum Gasteiger partial charge on any atom is -0.329 e. The molecule has 0 bridgehead atoms. The van der Waals surface area contributed by atoms with E-state index >= 15 is 0 Å². The van der Waals surface area contributed by atoms with Gasteiger partial charge in [-0.3, -0.25) is 9.48 Å². The number of thioether (sulfide) groups is 1. The summed E-state index contributed by atoms with van der Waals surface area (Å²) in [5.41, 5.74) is -0.214. The molecular weight excluding hydrogens is 390 g/mol. The summed E-state index contributed by atoms with van der Waals surface area (Å²) in [5.74, 6) is -2.38. The number of halogens is 4. The number of nitrogens with zero attached hydrogens (tertiary/aromatic N) is 5. The number of alkyl halides is 3. The van der Waals surface area contributed by atoms with Crippen molar-refractivity contribution in [2.45, 2.75) is 11.9 Å². The quantitative estimate of drug-likeness (QED) is 0.463. The second kappa shape index (κ2) is 7.47. The van der Waals surface area contributed by atoms with Crippen molar-refractivity contribution in [3.63, 3.8) is 0 Å². The number of ketones is 1. The predicted octanol–water partition coefficient (Wildman–Crippen LogP) is 3.14. The summed E-state index contributed by atoms with van der Waals surface area (Å²) in [6, 6.07) is 3.33. The highest BCUT2D eigenvalue weighted by atomic mass is 32.2. The summed E-state index contributed by atoms with van der Waals surface area (Å²) in [7, 11) is 1.71. The molecule has 0 saturated heterocycles. The maximum Gasteiger partial charge on any atom is 0.471 e. The summed E-state index contributed by atoms with van der Waals surface area (Å²) >= 11 is 1.22. The fourth-order valence-electron chi connectivity index (χ4n) is 2.10. The average Bonchev–Trinajstić information content (AvgIpc) is 3.23. The highest BCUT2D eigenvalue weighted by molar-refractivity contribution is 7.99. The van der Waals surface area contributed by atoms with Crippen molar-refractivity contribution >= 4 is 17.5 Å². The summed E-state index contributed by atoms with van der Waals surface area (Å²) in [6.45, 7) is 0. The first-order valence-corrected chi connectivity index (χ1v) is 8.56. The van der Waals surface area contributed by atoms with Gasteiger partial charge in [0, 0.05) is 12.6 Å². The molecule has 0 aliphatic heterocycles. The van der Waals surface area contributed by atoms with Crippen molar-refractivity contribution in [2.75, 3.05) is 5.75 Å². The van der Waals surface area contributed by atoms with Crippen LogP contribution in [0, 0.1) is 5.82 Å². The number of aromatic nitrogens is 5. The number of Topliss-reactive ketones (excluding diaryl/α,β-unsaturated/α-hetero) is 1. The number of aryl methyl sites for hydroxylation is 1. The van der Waals surface area contributed by atoms with E-state index in [1.165, 1.54) is 34.9 Å². The van der Waals surface area contributed by atoms with Crippen LogP contribution in [0.15, 0.2) is 29.0 Å². The standard InChI is InChI=1S/C15H11F4N5O2S/c1-24-7-20-12(22-24)6-27-5-11(25)9-3-2-8(4-10(9)16)13-21-14(26-23-13)15(17,18)19/h2-4,7H,5-6H2,1H3. The van der Waals surface area contributed by atoms with Crippen LogP contribution in [0.25, 0.3) is 11.4 Å². The lowest BCUT2D eigenvalue weighted by molar-refractivity contribution is -0.159. The summed E-state index contributed by atoms with van der Waals surface area (Å²) in [4.78, 5) is 19.3. The summed E-state index contributed by atoms with van der Waals surface area (Å²) in [6.07, 6.45) is -3.27. The van der Waals surface area contributed by atoms with Gasteiger partial charge in [-0.1, -0.05) is 11.2 Å². The SMILES string of the molecule is Cn1cnc(CSCC(=O)c2ccc(-c3noc(C(F)(F)F)n3)cc2F)n1. The highest BCUT2D eigenvalue weighted by Crippen LogP contribution is 2.29. The Bertz CT molecular complexity index is 969. The number of carbonyl (C=O) groups excluding carboxylic acids is 1. The zero-order chi connectivity index (χ0) is 19.6. The number of benzene rings is 1. The minimum atomic E-state index is -4.79. The van der Waals surface area contributed by atoms with Gasteiger partial charge in [0.25, 0.3) is 0 Å². The van der Waals surface area contributed by atoms with E-state index in [1.54, 1.807) is 7.05 Å². The van der Waals surface area contributed by atoms with Crippen LogP contribution >= 0.6 is 11.8 Å². The van der Waals surface area contributed by atoms with Crippen molar-refractivity contribution < 1.29 is 26.9 Å². The van der Waals surface area contributed by atoms with Crippen LogP contribution in [0.4, 0.5) is 17.6 Å². The van der Waals surface area contributed by atoms with Crippen LogP contribution in [-0.4, -0.2) is 36.4 Å². The van der Waals surface area contributed by atoms with Crippen molar-refractivity contribution in [2.24, 2.45) is 7.05 Å². The Morgan fingerprint density at radius 1 is 1.33 bits per heavy atom. The van der Waals surface area contributed by atoms with Gasteiger partial charge in [-0.15, -0.1) is 11.8 Å². The molecule has 0 amide bonds. The minimum absolute atomic E-state index is 0.00501. The molecule has 1 aromatic carbocycles. The molecule has 2 heterocycles. The van der Waals surface area contributed by atoms with Crippen LogP contribution in [0.5, 0.6) is 0 Å². The third-order valence-corrected chi connectivity index (χ3v) is 4.24. The molecule has 3 rings (SSSR count). The molecule has 0 aliphatic rings. The third kappa shape index (κ3) is 4.51. The van der Waals surface area contributed by atoms with E-state index in [-0.39, 0.29) is 16.9 Å². The topological polar surface area (TPSA) is 86.7 Å². The molecule has 7 nitrogen and oxygen atoms in total. The van der Waals surface area contributed by atoms with E-state index < -0.39 is 29.5 Å². The largest absolute Gasteiger partial charge is 0.471 e. The van der Waals surface area contributed by atoms with Crippen LogP contribution < -0.4 is 0 Å². The second-order valence-electron chi connectivity index (χ2n) is 5.37. The Morgan fingerprint density at radius 2 is 2.11 bits per heavy atom. The Kier molecular flexibility index (Phi) is 5.26. The predicted molar refractivity (Wildman–Crippen MR) is 86.2 cm³/mol. The van der Waals surface area contributed by atoms with Gasteiger partial charge in [-0.25, -0.2) is 9.37 Å². The van der Waals surface area contributed by atoms with Crippen molar-refractivity contribution in [1.82, 2.24) is 24.9 Å². The van der Waals surface area contributed by atoms with E-state index in [4.69, 9.17) is 0 Å². The zero-order valence-electron chi connectivity index (χ0n) is 13.7. The Morgan fingerprint density at radius 3 is 2.70 bits per heavy atom. The molecule has 0 unspecified atom stereocenters. The molecule has 0 atom stereocenters. The third-order valence-electron chi connectivity index (χ3n) is 3.31. The highest BCUT2D eigenvalue weighted by Gasteiger charge is 2.38. The lowest BCUT2D eigenvalue weighted by atomic mass is 10.1. The summed E-state index contributed by atoms with van der Waals surface area (Å²) < 4.78 is 57.3. The molecule has 0 fully saturated rings.